The van der Waals surface area contributed by atoms with Crippen molar-refractivity contribution < 1.29 is 4.79 Å². The van der Waals surface area contributed by atoms with E-state index in [-0.39, 0.29) is 11.5 Å². The van der Waals surface area contributed by atoms with Crippen molar-refractivity contribution in [1.82, 2.24) is 14.4 Å². The van der Waals surface area contributed by atoms with E-state index < -0.39 is 0 Å². The number of thioether (sulfide) groups is 1. The van der Waals surface area contributed by atoms with Gasteiger partial charge < -0.3 is 14.4 Å². The molecule has 2 saturated heterocycles. The van der Waals surface area contributed by atoms with Crippen molar-refractivity contribution in [3.05, 3.63) is 45.1 Å². The zero-order valence-corrected chi connectivity index (χ0v) is 17.8. The first kappa shape index (κ1) is 19.2. The Morgan fingerprint density at radius 2 is 1.71 bits per heavy atom. The van der Waals surface area contributed by atoms with Gasteiger partial charge in [-0.3, -0.25) is 14.5 Å². The summed E-state index contributed by atoms with van der Waals surface area (Å²) >= 11 is 6.49. The molecule has 8 heteroatoms. The van der Waals surface area contributed by atoms with Crippen molar-refractivity contribution in [2.24, 2.45) is 7.05 Å². The lowest BCUT2D eigenvalue weighted by atomic mass is 10.1. The van der Waals surface area contributed by atoms with Crippen LogP contribution in [0.2, 0.25) is 0 Å². The zero-order valence-electron chi connectivity index (χ0n) is 16.1. The molecular formula is C20H22N4O2S2. The van der Waals surface area contributed by atoms with Crippen LogP contribution in [0.25, 0.3) is 17.0 Å². The Morgan fingerprint density at radius 3 is 2.36 bits per heavy atom. The van der Waals surface area contributed by atoms with Gasteiger partial charge in [-0.15, -0.1) is 0 Å². The summed E-state index contributed by atoms with van der Waals surface area (Å²) in [6, 6.07) is 7.94. The number of pyridine rings is 1. The first-order valence-electron chi connectivity index (χ1n) is 9.15. The van der Waals surface area contributed by atoms with Crippen LogP contribution in [-0.4, -0.2) is 64.9 Å². The minimum absolute atomic E-state index is 0.103. The van der Waals surface area contributed by atoms with Gasteiger partial charge in [0.05, 0.1) is 21.7 Å². The second-order valence-electron chi connectivity index (χ2n) is 7.17. The number of aromatic nitrogens is 1. The number of para-hydroxylation sites is 1. The molecule has 2 aliphatic rings. The molecule has 0 atom stereocenters. The van der Waals surface area contributed by atoms with Gasteiger partial charge in [-0.25, -0.2) is 0 Å². The van der Waals surface area contributed by atoms with Crippen LogP contribution in [0.4, 0.5) is 5.69 Å². The van der Waals surface area contributed by atoms with Crippen LogP contribution in [0.15, 0.2) is 34.0 Å². The maximum atomic E-state index is 13.3. The molecular weight excluding hydrogens is 392 g/mol. The molecule has 1 amide bonds. The fourth-order valence-electron chi connectivity index (χ4n) is 3.68. The maximum absolute atomic E-state index is 13.3. The summed E-state index contributed by atoms with van der Waals surface area (Å²) in [5.74, 6) is -0.158. The van der Waals surface area contributed by atoms with Crippen LogP contribution in [-0.2, 0) is 11.8 Å². The molecule has 0 N–H and O–H groups in total. The molecule has 1 aromatic heterocycles. The fourth-order valence-corrected chi connectivity index (χ4v) is 4.84. The number of aryl methyl sites for hydroxylation is 1. The largest absolute Gasteiger partial charge is 0.368 e. The number of anilines is 1. The SMILES string of the molecule is CN1CCN(c2c(/C=C3/SC(=S)N(C)C3=O)c(=O)n(C)c3ccccc23)CC1. The van der Waals surface area contributed by atoms with Crippen molar-refractivity contribution in [3.8, 4) is 0 Å². The van der Waals surface area contributed by atoms with Crippen molar-refractivity contribution >= 4 is 56.9 Å². The van der Waals surface area contributed by atoms with Crippen LogP contribution >= 0.6 is 24.0 Å². The number of rotatable bonds is 2. The summed E-state index contributed by atoms with van der Waals surface area (Å²) in [6.45, 7) is 3.53. The lowest BCUT2D eigenvalue weighted by molar-refractivity contribution is -0.121. The van der Waals surface area contributed by atoms with E-state index in [1.807, 2.05) is 24.3 Å². The zero-order chi connectivity index (χ0) is 20.0. The van der Waals surface area contributed by atoms with Gasteiger partial charge >= 0.3 is 0 Å². The number of hydrogen-bond acceptors (Lipinski definition) is 6. The van der Waals surface area contributed by atoms with Gasteiger partial charge in [-0.1, -0.05) is 42.2 Å². The Balaban J connectivity index is 1.96. The Morgan fingerprint density at radius 1 is 1.04 bits per heavy atom. The van der Waals surface area contributed by atoms with Crippen LogP contribution in [0.1, 0.15) is 5.56 Å². The molecule has 6 nitrogen and oxygen atoms in total. The Labute approximate surface area is 173 Å². The third-order valence-electron chi connectivity index (χ3n) is 5.39. The van der Waals surface area contributed by atoms with Crippen LogP contribution in [0, 0.1) is 0 Å². The highest BCUT2D eigenvalue weighted by Crippen LogP contribution is 2.35. The summed E-state index contributed by atoms with van der Waals surface area (Å²) in [5, 5.41) is 1.02. The predicted molar refractivity (Wildman–Crippen MR) is 120 cm³/mol. The molecule has 2 aromatic rings. The summed E-state index contributed by atoms with van der Waals surface area (Å²) in [4.78, 5) is 32.3. The van der Waals surface area contributed by atoms with E-state index in [0.29, 0.717) is 14.8 Å². The molecule has 146 valence electrons. The Bertz CT molecular complexity index is 1070. The van der Waals surface area contributed by atoms with E-state index in [2.05, 4.69) is 16.8 Å². The number of thiocarbonyl (C=S) groups is 1. The van der Waals surface area contributed by atoms with E-state index >= 15 is 0 Å². The smallest absolute Gasteiger partial charge is 0.265 e. The molecule has 2 aliphatic heterocycles. The lowest BCUT2D eigenvalue weighted by Gasteiger charge is -2.35. The molecule has 0 radical (unpaired) electrons. The molecule has 0 aliphatic carbocycles. The van der Waals surface area contributed by atoms with Crippen LogP contribution in [0.3, 0.4) is 0 Å². The molecule has 28 heavy (non-hydrogen) atoms. The van der Waals surface area contributed by atoms with Crippen molar-refractivity contribution in [1.29, 1.82) is 0 Å². The number of nitrogens with zero attached hydrogens (tertiary/aromatic N) is 4. The van der Waals surface area contributed by atoms with Gasteiger partial charge in [-0.05, 0) is 19.2 Å². The van der Waals surface area contributed by atoms with Gasteiger partial charge in [0.1, 0.15) is 4.32 Å². The molecule has 0 spiro atoms. The third-order valence-corrected chi connectivity index (χ3v) is 6.88. The van der Waals surface area contributed by atoms with Gasteiger partial charge in [0.2, 0.25) is 0 Å². The topological polar surface area (TPSA) is 48.8 Å². The quantitative estimate of drug-likeness (QED) is 0.554. The summed E-state index contributed by atoms with van der Waals surface area (Å²) in [6.07, 6.45) is 1.73. The number of amides is 1. The van der Waals surface area contributed by atoms with E-state index in [0.717, 1.165) is 42.8 Å². The van der Waals surface area contributed by atoms with Crippen LogP contribution < -0.4 is 10.5 Å². The number of likely N-dealkylation sites (N-methyl/N-ethyl adjacent to an activating group) is 2. The highest BCUT2D eigenvalue weighted by atomic mass is 32.2. The summed E-state index contributed by atoms with van der Waals surface area (Å²) < 4.78 is 2.17. The van der Waals surface area contributed by atoms with Crippen molar-refractivity contribution in [2.45, 2.75) is 0 Å². The highest BCUT2D eigenvalue weighted by molar-refractivity contribution is 8.26. The maximum Gasteiger partial charge on any atom is 0.265 e. The van der Waals surface area contributed by atoms with Crippen molar-refractivity contribution in [2.75, 3.05) is 45.2 Å². The van der Waals surface area contributed by atoms with E-state index in [9.17, 15) is 9.59 Å². The first-order chi connectivity index (χ1) is 13.4. The normalized spacial score (nSPS) is 20.0. The fraction of sp³-hybridized carbons (Fsp3) is 0.350. The second-order valence-corrected chi connectivity index (χ2v) is 8.85. The van der Waals surface area contributed by atoms with Gasteiger partial charge in [0.25, 0.3) is 11.5 Å². The average Bonchev–Trinajstić information content (AvgIpc) is 2.94. The predicted octanol–water partition coefficient (Wildman–Crippen LogP) is 2.12. The lowest BCUT2D eigenvalue weighted by Crippen LogP contribution is -2.45. The number of fused-ring (bicyclic) bond motifs is 1. The van der Waals surface area contributed by atoms with Gasteiger partial charge in [-0.2, -0.15) is 0 Å². The molecule has 0 bridgehead atoms. The van der Waals surface area contributed by atoms with E-state index in [4.69, 9.17) is 12.2 Å². The Hall–Kier alpha value is -2.16. The molecule has 4 rings (SSSR count). The second kappa shape index (κ2) is 7.35. The Kier molecular flexibility index (Phi) is 5.03. The molecule has 0 saturated carbocycles. The highest BCUT2D eigenvalue weighted by Gasteiger charge is 2.30. The minimum atomic E-state index is -0.158. The number of hydrogen-bond donors (Lipinski definition) is 0. The summed E-state index contributed by atoms with van der Waals surface area (Å²) in [7, 11) is 5.55. The summed E-state index contributed by atoms with van der Waals surface area (Å²) in [5.41, 5.74) is 2.25. The van der Waals surface area contributed by atoms with Crippen molar-refractivity contribution in [3.63, 3.8) is 0 Å². The van der Waals surface area contributed by atoms with Crippen LogP contribution in [0.5, 0.6) is 0 Å². The number of carbonyl (C=O) groups is 1. The minimum Gasteiger partial charge on any atom is -0.368 e. The molecule has 0 unspecified atom stereocenters. The molecule has 3 heterocycles. The third kappa shape index (κ3) is 3.15. The number of benzene rings is 1. The monoisotopic (exact) mass is 414 g/mol. The van der Waals surface area contributed by atoms with Gasteiger partial charge in [0, 0.05) is 45.7 Å². The number of piperazine rings is 1. The average molecular weight is 415 g/mol. The standard InChI is InChI=1S/C20H22N4O2S2/c1-21-8-10-24(11-9-21)17-13-6-4-5-7-15(13)22(2)18(25)14(17)12-16-19(26)23(3)20(27)28-16/h4-7,12H,8-11H2,1-3H3/b16-12+. The molecule has 1 aromatic carbocycles. The molecule has 2 fully saturated rings. The first-order valence-corrected chi connectivity index (χ1v) is 10.4. The van der Waals surface area contributed by atoms with Gasteiger partial charge in [0.15, 0.2) is 0 Å². The number of carbonyl (C=O) groups excluding carboxylic acids is 1. The van der Waals surface area contributed by atoms with E-state index in [1.54, 1.807) is 24.7 Å². The van der Waals surface area contributed by atoms with E-state index in [1.165, 1.54) is 16.7 Å².